The second-order valence-corrected chi connectivity index (χ2v) is 3.68. The van der Waals surface area contributed by atoms with Crippen LogP contribution >= 0.6 is 0 Å². The fourth-order valence-electron chi connectivity index (χ4n) is 1.64. The van der Waals surface area contributed by atoms with Crippen molar-refractivity contribution >= 4 is 5.65 Å². The molecular weight excluding hydrogens is 188 g/mol. The van der Waals surface area contributed by atoms with E-state index in [9.17, 15) is 0 Å². The molecule has 0 fully saturated rings. The molecule has 2 rings (SSSR count). The third-order valence-electron chi connectivity index (χ3n) is 2.30. The molecule has 0 amide bonds. The Kier molecular flexibility index (Phi) is 2.97. The molecular formula is C11H16N4. The monoisotopic (exact) mass is 204 g/mol. The van der Waals surface area contributed by atoms with Gasteiger partial charge in [0, 0.05) is 30.6 Å². The first-order chi connectivity index (χ1) is 7.33. The summed E-state index contributed by atoms with van der Waals surface area (Å²) in [6.45, 7) is 2.98. The van der Waals surface area contributed by atoms with Gasteiger partial charge in [-0.1, -0.05) is 13.3 Å². The lowest BCUT2D eigenvalue weighted by Crippen LogP contribution is -2.06. The number of hydrogen-bond acceptors (Lipinski definition) is 3. The van der Waals surface area contributed by atoms with Gasteiger partial charge < -0.3 is 5.32 Å². The first-order valence-electron chi connectivity index (χ1n) is 5.31. The second-order valence-electron chi connectivity index (χ2n) is 3.68. The van der Waals surface area contributed by atoms with Gasteiger partial charge >= 0.3 is 0 Å². The Labute approximate surface area is 89.3 Å². The van der Waals surface area contributed by atoms with Crippen molar-refractivity contribution in [2.45, 2.75) is 26.3 Å². The highest BCUT2D eigenvalue weighted by molar-refractivity contribution is 5.39. The molecule has 15 heavy (non-hydrogen) atoms. The van der Waals surface area contributed by atoms with Crippen LogP contribution in [0, 0.1) is 0 Å². The fourth-order valence-corrected chi connectivity index (χ4v) is 1.64. The fraction of sp³-hybridized carbons (Fsp3) is 0.455. The van der Waals surface area contributed by atoms with E-state index < -0.39 is 0 Å². The average molecular weight is 204 g/mol. The Balaban J connectivity index is 2.34. The third kappa shape index (κ3) is 2.15. The predicted octanol–water partition coefficient (Wildman–Crippen LogP) is 1.40. The summed E-state index contributed by atoms with van der Waals surface area (Å²) in [5, 5.41) is 7.57. The quantitative estimate of drug-likeness (QED) is 0.818. The highest BCUT2D eigenvalue weighted by Crippen LogP contribution is 2.07. The molecule has 0 aliphatic rings. The van der Waals surface area contributed by atoms with Crippen LogP contribution in [0.1, 0.15) is 24.6 Å². The maximum atomic E-state index is 4.47. The standard InChI is InChI=1S/C11H16N4/c1-3-4-10-5-11-13-7-9(6-12-2)8-15(11)14-10/h5,7-8,12H,3-4,6H2,1-2H3. The van der Waals surface area contributed by atoms with E-state index in [0.717, 1.165) is 36.3 Å². The lowest BCUT2D eigenvalue weighted by atomic mass is 10.2. The highest BCUT2D eigenvalue weighted by atomic mass is 15.2. The van der Waals surface area contributed by atoms with Crippen LogP contribution in [0.15, 0.2) is 18.5 Å². The topological polar surface area (TPSA) is 42.2 Å². The molecule has 0 aliphatic heterocycles. The Morgan fingerprint density at radius 3 is 3.07 bits per heavy atom. The van der Waals surface area contributed by atoms with Crippen molar-refractivity contribution < 1.29 is 0 Å². The zero-order valence-corrected chi connectivity index (χ0v) is 9.20. The minimum atomic E-state index is 0.825. The summed E-state index contributed by atoms with van der Waals surface area (Å²) in [5.41, 5.74) is 3.20. The van der Waals surface area contributed by atoms with Gasteiger partial charge in [-0.2, -0.15) is 5.10 Å². The minimum Gasteiger partial charge on any atom is -0.316 e. The number of nitrogens with zero attached hydrogens (tertiary/aromatic N) is 3. The summed E-state index contributed by atoms with van der Waals surface area (Å²) in [7, 11) is 1.93. The SMILES string of the molecule is CCCc1cc2ncc(CNC)cn2n1. The van der Waals surface area contributed by atoms with Crippen LogP contribution in [0.2, 0.25) is 0 Å². The number of rotatable bonds is 4. The van der Waals surface area contributed by atoms with Gasteiger partial charge in [0.1, 0.15) is 0 Å². The molecule has 1 N–H and O–H groups in total. The van der Waals surface area contributed by atoms with E-state index in [1.807, 2.05) is 30.0 Å². The summed E-state index contributed by atoms with van der Waals surface area (Å²) in [6, 6.07) is 2.05. The first kappa shape index (κ1) is 10.1. The van der Waals surface area contributed by atoms with Gasteiger partial charge in [0.2, 0.25) is 0 Å². The molecule has 80 valence electrons. The minimum absolute atomic E-state index is 0.825. The molecule has 2 heterocycles. The molecule has 0 bridgehead atoms. The maximum Gasteiger partial charge on any atom is 0.155 e. The Hall–Kier alpha value is -1.42. The number of nitrogens with one attached hydrogen (secondary N) is 1. The maximum absolute atomic E-state index is 4.47. The van der Waals surface area contributed by atoms with Gasteiger partial charge in [0.05, 0.1) is 5.69 Å². The van der Waals surface area contributed by atoms with Crippen LogP contribution in [-0.4, -0.2) is 21.6 Å². The van der Waals surface area contributed by atoms with Crippen LogP contribution in [0.5, 0.6) is 0 Å². The number of hydrogen-bond donors (Lipinski definition) is 1. The molecule has 0 aromatic carbocycles. The van der Waals surface area contributed by atoms with Gasteiger partial charge in [-0.25, -0.2) is 9.50 Å². The van der Waals surface area contributed by atoms with Crippen LogP contribution in [-0.2, 0) is 13.0 Å². The first-order valence-corrected chi connectivity index (χ1v) is 5.31. The molecule has 4 nitrogen and oxygen atoms in total. The summed E-state index contributed by atoms with van der Waals surface area (Å²) in [4.78, 5) is 4.36. The molecule has 2 aromatic rings. The lowest BCUT2D eigenvalue weighted by Gasteiger charge is -1.99. The average Bonchev–Trinajstić information content (AvgIpc) is 2.60. The smallest absolute Gasteiger partial charge is 0.155 e. The molecule has 0 unspecified atom stereocenters. The van der Waals surface area contributed by atoms with Crippen molar-refractivity contribution in [3.8, 4) is 0 Å². The normalized spacial score (nSPS) is 11.1. The van der Waals surface area contributed by atoms with E-state index in [1.54, 1.807) is 0 Å². The zero-order valence-electron chi connectivity index (χ0n) is 9.20. The van der Waals surface area contributed by atoms with Crippen molar-refractivity contribution in [3.63, 3.8) is 0 Å². The van der Waals surface area contributed by atoms with Gasteiger partial charge in [-0.15, -0.1) is 0 Å². The van der Waals surface area contributed by atoms with E-state index >= 15 is 0 Å². The Morgan fingerprint density at radius 1 is 1.47 bits per heavy atom. The van der Waals surface area contributed by atoms with Gasteiger partial charge in [-0.3, -0.25) is 0 Å². The van der Waals surface area contributed by atoms with Gasteiger partial charge in [-0.05, 0) is 13.5 Å². The molecule has 0 aliphatic carbocycles. The molecule has 0 spiro atoms. The molecule has 0 saturated heterocycles. The summed E-state index contributed by atoms with van der Waals surface area (Å²) in [5.74, 6) is 0. The van der Waals surface area contributed by atoms with E-state index in [0.29, 0.717) is 0 Å². The second kappa shape index (κ2) is 4.40. The van der Waals surface area contributed by atoms with Crippen molar-refractivity contribution in [2.24, 2.45) is 0 Å². The number of fused-ring (bicyclic) bond motifs is 1. The predicted molar refractivity (Wildman–Crippen MR) is 59.7 cm³/mol. The van der Waals surface area contributed by atoms with Crippen molar-refractivity contribution in [1.82, 2.24) is 19.9 Å². The summed E-state index contributed by atoms with van der Waals surface area (Å²) >= 11 is 0. The lowest BCUT2D eigenvalue weighted by molar-refractivity contribution is 0.784. The van der Waals surface area contributed by atoms with Crippen molar-refractivity contribution in [3.05, 3.63) is 29.7 Å². The van der Waals surface area contributed by atoms with Crippen LogP contribution in [0.4, 0.5) is 0 Å². The Bertz CT molecular complexity index is 443. The molecule has 0 radical (unpaired) electrons. The van der Waals surface area contributed by atoms with Crippen molar-refractivity contribution in [2.75, 3.05) is 7.05 Å². The Morgan fingerprint density at radius 2 is 2.33 bits per heavy atom. The van der Waals surface area contributed by atoms with Crippen LogP contribution in [0.3, 0.4) is 0 Å². The van der Waals surface area contributed by atoms with E-state index in [4.69, 9.17) is 0 Å². The zero-order chi connectivity index (χ0) is 10.7. The highest BCUT2D eigenvalue weighted by Gasteiger charge is 2.02. The third-order valence-corrected chi connectivity index (χ3v) is 2.30. The van der Waals surface area contributed by atoms with E-state index in [-0.39, 0.29) is 0 Å². The molecule has 4 heteroatoms. The van der Waals surface area contributed by atoms with Crippen molar-refractivity contribution in [1.29, 1.82) is 0 Å². The van der Waals surface area contributed by atoms with Crippen LogP contribution in [0.25, 0.3) is 5.65 Å². The number of aromatic nitrogens is 3. The van der Waals surface area contributed by atoms with Crippen LogP contribution < -0.4 is 5.32 Å². The molecule has 0 atom stereocenters. The summed E-state index contributed by atoms with van der Waals surface area (Å²) < 4.78 is 1.86. The van der Waals surface area contributed by atoms with Gasteiger partial charge in [0.15, 0.2) is 5.65 Å². The summed E-state index contributed by atoms with van der Waals surface area (Å²) in [6.07, 6.45) is 6.05. The van der Waals surface area contributed by atoms with Gasteiger partial charge in [0.25, 0.3) is 0 Å². The largest absolute Gasteiger partial charge is 0.316 e. The molecule has 0 saturated carbocycles. The van der Waals surface area contributed by atoms with E-state index in [1.165, 1.54) is 0 Å². The number of aryl methyl sites for hydroxylation is 1. The molecule has 2 aromatic heterocycles. The van der Waals surface area contributed by atoms with E-state index in [2.05, 4.69) is 22.3 Å².